The second kappa shape index (κ2) is 7.42. The second-order valence-corrected chi connectivity index (χ2v) is 6.57. The topological polar surface area (TPSA) is 49.4 Å². The minimum atomic E-state index is -4.48. The number of carbonyl (C=O) groups excluding carboxylic acids is 2. The van der Waals surface area contributed by atoms with Crippen LogP contribution in [-0.2, 0) is 15.8 Å². The number of nitrogens with zero attached hydrogens (tertiary/aromatic N) is 1. The molecule has 1 aliphatic heterocycles. The first-order valence-electron chi connectivity index (χ1n) is 8.56. The van der Waals surface area contributed by atoms with Gasteiger partial charge in [-0.2, -0.15) is 13.2 Å². The molecule has 1 aliphatic rings. The predicted molar refractivity (Wildman–Crippen MR) is 94.8 cm³/mol. The summed E-state index contributed by atoms with van der Waals surface area (Å²) in [5.41, 5.74) is 0.0780. The average molecular weight is 376 g/mol. The van der Waals surface area contributed by atoms with Gasteiger partial charge in [0.25, 0.3) is 0 Å². The number of carbonyl (C=O) groups is 2. The monoisotopic (exact) mass is 376 g/mol. The molecule has 7 heteroatoms. The normalized spacial score (nSPS) is 20.4. The largest absolute Gasteiger partial charge is 0.416 e. The summed E-state index contributed by atoms with van der Waals surface area (Å²) in [6, 6.07) is 13.2. The molecule has 1 saturated heterocycles. The van der Waals surface area contributed by atoms with Crippen molar-refractivity contribution in [3.05, 3.63) is 65.7 Å². The van der Waals surface area contributed by atoms with E-state index in [1.54, 1.807) is 7.05 Å². The number of amides is 2. The fraction of sp³-hybridized carbons (Fsp3) is 0.300. The highest BCUT2D eigenvalue weighted by atomic mass is 19.4. The van der Waals surface area contributed by atoms with Gasteiger partial charge in [0.05, 0.1) is 17.5 Å². The Morgan fingerprint density at radius 3 is 2.48 bits per heavy atom. The first-order valence-corrected chi connectivity index (χ1v) is 8.56. The highest BCUT2D eigenvalue weighted by Crippen LogP contribution is 2.37. The van der Waals surface area contributed by atoms with Crippen LogP contribution in [-0.4, -0.2) is 23.8 Å². The Bertz CT molecular complexity index is 837. The Labute approximate surface area is 155 Å². The molecule has 0 aliphatic carbocycles. The zero-order valence-corrected chi connectivity index (χ0v) is 14.7. The molecule has 0 spiro atoms. The van der Waals surface area contributed by atoms with E-state index in [0.717, 1.165) is 17.7 Å². The summed E-state index contributed by atoms with van der Waals surface area (Å²) in [6.45, 7) is 0. The maximum absolute atomic E-state index is 12.9. The third-order valence-electron chi connectivity index (χ3n) is 4.80. The summed E-state index contributed by atoms with van der Waals surface area (Å²) < 4.78 is 38.6. The molecular formula is C20H19F3N2O2. The number of hydrogen-bond donors (Lipinski definition) is 1. The zero-order valence-electron chi connectivity index (χ0n) is 14.7. The number of benzene rings is 2. The summed E-state index contributed by atoms with van der Waals surface area (Å²) in [4.78, 5) is 26.5. The number of piperidine rings is 1. The quantitative estimate of drug-likeness (QED) is 0.871. The summed E-state index contributed by atoms with van der Waals surface area (Å²) in [6.07, 6.45) is -3.92. The van der Waals surface area contributed by atoms with E-state index >= 15 is 0 Å². The molecule has 0 radical (unpaired) electrons. The summed E-state index contributed by atoms with van der Waals surface area (Å²) in [5, 5.41) is 2.58. The van der Waals surface area contributed by atoms with Crippen molar-refractivity contribution in [1.82, 2.24) is 4.90 Å². The molecule has 2 aromatic carbocycles. The standard InChI is InChI=1S/C20H19F3N2O2/c1-25-17(26)11-10-16(18(25)13-6-3-2-4-7-13)19(27)24-15-9-5-8-14(12-15)20(21,22)23/h2-9,12,16,18H,10-11H2,1H3,(H,24,27). The molecule has 0 bridgehead atoms. The van der Waals surface area contributed by atoms with Gasteiger partial charge in [0.1, 0.15) is 0 Å². The molecule has 0 saturated carbocycles. The van der Waals surface area contributed by atoms with E-state index in [0.29, 0.717) is 6.42 Å². The Balaban J connectivity index is 1.85. The number of halogens is 3. The van der Waals surface area contributed by atoms with Gasteiger partial charge in [-0.15, -0.1) is 0 Å². The lowest BCUT2D eigenvalue weighted by atomic mass is 9.84. The van der Waals surface area contributed by atoms with Gasteiger partial charge in [-0.3, -0.25) is 9.59 Å². The Kier molecular flexibility index (Phi) is 5.21. The van der Waals surface area contributed by atoms with Crippen molar-refractivity contribution in [2.45, 2.75) is 25.1 Å². The molecule has 2 amide bonds. The molecule has 2 aromatic rings. The van der Waals surface area contributed by atoms with E-state index in [1.165, 1.54) is 17.0 Å². The van der Waals surface area contributed by atoms with Crippen LogP contribution in [0, 0.1) is 5.92 Å². The van der Waals surface area contributed by atoms with Crippen LogP contribution >= 0.6 is 0 Å². The van der Waals surface area contributed by atoms with Crippen LogP contribution in [0.3, 0.4) is 0 Å². The first kappa shape index (κ1) is 18.9. The van der Waals surface area contributed by atoms with Gasteiger partial charge in [-0.25, -0.2) is 0 Å². The number of alkyl halides is 3. The summed E-state index contributed by atoms with van der Waals surface area (Å²) >= 11 is 0. The SMILES string of the molecule is CN1C(=O)CCC(C(=O)Nc2cccc(C(F)(F)F)c2)C1c1ccccc1. The van der Waals surface area contributed by atoms with Gasteiger partial charge in [-0.1, -0.05) is 36.4 Å². The van der Waals surface area contributed by atoms with E-state index in [9.17, 15) is 22.8 Å². The fourth-order valence-electron chi connectivity index (χ4n) is 3.43. The van der Waals surface area contributed by atoms with Crippen molar-refractivity contribution in [2.75, 3.05) is 12.4 Å². The molecule has 1 N–H and O–H groups in total. The zero-order chi connectivity index (χ0) is 19.6. The van der Waals surface area contributed by atoms with Crippen LogP contribution in [0.15, 0.2) is 54.6 Å². The smallest absolute Gasteiger partial charge is 0.338 e. The summed E-state index contributed by atoms with van der Waals surface area (Å²) in [7, 11) is 1.64. The Morgan fingerprint density at radius 1 is 1.11 bits per heavy atom. The lowest BCUT2D eigenvalue weighted by Crippen LogP contribution is -2.44. The third-order valence-corrected chi connectivity index (χ3v) is 4.80. The third kappa shape index (κ3) is 4.13. The van der Waals surface area contributed by atoms with Crippen molar-refractivity contribution in [1.29, 1.82) is 0 Å². The van der Waals surface area contributed by atoms with E-state index in [4.69, 9.17) is 0 Å². The fourth-order valence-corrected chi connectivity index (χ4v) is 3.43. The van der Waals surface area contributed by atoms with Crippen molar-refractivity contribution in [3.63, 3.8) is 0 Å². The molecule has 0 aromatic heterocycles. The number of likely N-dealkylation sites (tertiary alicyclic amines) is 1. The van der Waals surface area contributed by atoms with Crippen LogP contribution in [0.2, 0.25) is 0 Å². The van der Waals surface area contributed by atoms with E-state index in [1.807, 2.05) is 30.3 Å². The van der Waals surface area contributed by atoms with Gasteiger partial charge in [0, 0.05) is 19.2 Å². The molecule has 142 valence electrons. The van der Waals surface area contributed by atoms with Gasteiger partial charge >= 0.3 is 6.18 Å². The van der Waals surface area contributed by atoms with Crippen molar-refractivity contribution in [2.24, 2.45) is 5.92 Å². The van der Waals surface area contributed by atoms with Gasteiger partial charge < -0.3 is 10.2 Å². The molecule has 1 fully saturated rings. The maximum Gasteiger partial charge on any atom is 0.416 e. The molecule has 2 atom stereocenters. The van der Waals surface area contributed by atoms with Gasteiger partial charge in [0.2, 0.25) is 11.8 Å². The van der Waals surface area contributed by atoms with E-state index < -0.39 is 29.6 Å². The number of hydrogen-bond acceptors (Lipinski definition) is 2. The van der Waals surface area contributed by atoms with Gasteiger partial charge in [0.15, 0.2) is 0 Å². The highest BCUT2D eigenvalue weighted by Gasteiger charge is 2.39. The average Bonchev–Trinajstić information content (AvgIpc) is 2.64. The second-order valence-electron chi connectivity index (χ2n) is 6.57. The minimum Gasteiger partial charge on any atom is -0.338 e. The number of nitrogens with one attached hydrogen (secondary N) is 1. The predicted octanol–water partition coefficient (Wildman–Crippen LogP) is 4.25. The van der Waals surface area contributed by atoms with Crippen LogP contribution in [0.1, 0.15) is 30.0 Å². The molecular weight excluding hydrogens is 357 g/mol. The molecule has 1 heterocycles. The maximum atomic E-state index is 12.9. The van der Waals surface area contributed by atoms with Crippen LogP contribution in [0.4, 0.5) is 18.9 Å². The number of anilines is 1. The van der Waals surface area contributed by atoms with Crippen LogP contribution < -0.4 is 5.32 Å². The van der Waals surface area contributed by atoms with Crippen molar-refractivity contribution in [3.8, 4) is 0 Å². The Morgan fingerprint density at radius 2 is 1.81 bits per heavy atom. The lowest BCUT2D eigenvalue weighted by molar-refractivity contribution is -0.140. The highest BCUT2D eigenvalue weighted by molar-refractivity contribution is 5.94. The van der Waals surface area contributed by atoms with Crippen LogP contribution in [0.5, 0.6) is 0 Å². The van der Waals surface area contributed by atoms with Gasteiger partial charge in [-0.05, 0) is 30.2 Å². The van der Waals surface area contributed by atoms with Crippen molar-refractivity contribution < 1.29 is 22.8 Å². The number of rotatable bonds is 3. The summed E-state index contributed by atoms with van der Waals surface area (Å²) in [5.74, 6) is -1.01. The van der Waals surface area contributed by atoms with Crippen LogP contribution in [0.25, 0.3) is 0 Å². The van der Waals surface area contributed by atoms with E-state index in [2.05, 4.69) is 5.32 Å². The first-order chi connectivity index (χ1) is 12.8. The lowest BCUT2D eigenvalue weighted by Gasteiger charge is -2.38. The molecule has 3 rings (SSSR count). The Hall–Kier alpha value is -2.83. The molecule has 27 heavy (non-hydrogen) atoms. The van der Waals surface area contributed by atoms with E-state index in [-0.39, 0.29) is 18.0 Å². The molecule has 2 unspecified atom stereocenters. The minimum absolute atomic E-state index is 0.0630. The van der Waals surface area contributed by atoms with Crippen molar-refractivity contribution >= 4 is 17.5 Å². The molecule has 4 nitrogen and oxygen atoms in total.